The van der Waals surface area contributed by atoms with Crippen LogP contribution in [0, 0.1) is 5.92 Å². The first kappa shape index (κ1) is 19.5. The van der Waals surface area contributed by atoms with Crippen molar-refractivity contribution in [1.29, 1.82) is 0 Å². The Labute approximate surface area is 158 Å². The lowest BCUT2D eigenvalue weighted by Crippen LogP contribution is -2.51. The van der Waals surface area contributed by atoms with Crippen LogP contribution in [0.3, 0.4) is 0 Å². The van der Waals surface area contributed by atoms with Crippen LogP contribution in [0.2, 0.25) is 0 Å². The van der Waals surface area contributed by atoms with E-state index in [1.807, 2.05) is 4.90 Å². The zero-order valence-corrected chi connectivity index (χ0v) is 15.8. The smallest absolute Gasteiger partial charge is 0.225 e. The largest absolute Gasteiger partial charge is 0.355 e. The van der Waals surface area contributed by atoms with E-state index < -0.39 is 10.0 Å². The molecule has 2 aliphatic rings. The SMILES string of the molecule is O=C1CCC(C(=O)NCCS(=O)(=O)N2CCN(c3ncccn3)CC2)CN1. The predicted molar refractivity (Wildman–Crippen MR) is 98.3 cm³/mol. The summed E-state index contributed by atoms with van der Waals surface area (Å²) in [5.74, 6) is -0.0984. The summed E-state index contributed by atoms with van der Waals surface area (Å²) in [6, 6.07) is 1.74. The summed E-state index contributed by atoms with van der Waals surface area (Å²) in [4.78, 5) is 33.5. The molecule has 10 nitrogen and oxygen atoms in total. The number of sulfonamides is 1. The molecule has 0 spiro atoms. The summed E-state index contributed by atoms with van der Waals surface area (Å²) in [5, 5.41) is 5.32. The molecular weight excluding hydrogens is 372 g/mol. The maximum Gasteiger partial charge on any atom is 0.225 e. The molecule has 2 amide bonds. The Balaban J connectivity index is 1.42. The second kappa shape index (κ2) is 8.61. The molecule has 1 aromatic heterocycles. The lowest BCUT2D eigenvalue weighted by Gasteiger charge is -2.33. The summed E-state index contributed by atoms with van der Waals surface area (Å²) in [6.45, 7) is 2.15. The number of piperidine rings is 1. The highest BCUT2D eigenvalue weighted by molar-refractivity contribution is 7.89. The molecule has 2 N–H and O–H groups in total. The highest BCUT2D eigenvalue weighted by Crippen LogP contribution is 2.13. The molecule has 11 heteroatoms. The van der Waals surface area contributed by atoms with Crippen molar-refractivity contribution in [3.63, 3.8) is 0 Å². The van der Waals surface area contributed by atoms with Crippen molar-refractivity contribution in [2.45, 2.75) is 12.8 Å². The fraction of sp³-hybridized carbons (Fsp3) is 0.625. The third-order valence-electron chi connectivity index (χ3n) is 4.76. The Bertz CT molecular complexity index is 754. The number of carbonyl (C=O) groups excluding carboxylic acids is 2. The van der Waals surface area contributed by atoms with Crippen molar-refractivity contribution < 1.29 is 18.0 Å². The number of carbonyl (C=O) groups is 2. The van der Waals surface area contributed by atoms with Gasteiger partial charge in [-0.25, -0.2) is 18.4 Å². The lowest BCUT2D eigenvalue weighted by atomic mass is 9.98. The number of rotatable bonds is 6. The van der Waals surface area contributed by atoms with E-state index in [4.69, 9.17) is 0 Å². The Kier molecular flexibility index (Phi) is 6.22. The quantitative estimate of drug-likeness (QED) is 0.604. The van der Waals surface area contributed by atoms with Crippen LogP contribution < -0.4 is 15.5 Å². The van der Waals surface area contributed by atoms with Gasteiger partial charge in [0.05, 0.1) is 11.7 Å². The van der Waals surface area contributed by atoms with Gasteiger partial charge in [0.25, 0.3) is 0 Å². The standard InChI is InChI=1S/C16H24N6O4S/c23-14-3-2-13(12-20-14)15(24)17-6-11-27(25,26)22-9-7-21(8-10-22)16-18-4-1-5-19-16/h1,4-5,13H,2-3,6-12H2,(H,17,24)(H,20,23). The van der Waals surface area contributed by atoms with Gasteiger partial charge in [-0.15, -0.1) is 0 Å². The second-order valence-corrected chi connectivity index (χ2v) is 8.67. The van der Waals surface area contributed by atoms with Crippen LogP contribution in [0.1, 0.15) is 12.8 Å². The van der Waals surface area contributed by atoms with E-state index >= 15 is 0 Å². The number of piperazine rings is 1. The number of nitrogens with zero attached hydrogens (tertiary/aromatic N) is 4. The van der Waals surface area contributed by atoms with Gasteiger partial charge in [-0.2, -0.15) is 4.31 Å². The lowest BCUT2D eigenvalue weighted by molar-refractivity contribution is -0.128. The summed E-state index contributed by atoms with van der Waals surface area (Å²) in [5.41, 5.74) is 0. The second-order valence-electron chi connectivity index (χ2n) is 6.58. The summed E-state index contributed by atoms with van der Waals surface area (Å²) in [6.07, 6.45) is 4.14. The summed E-state index contributed by atoms with van der Waals surface area (Å²) < 4.78 is 26.4. The molecule has 1 aromatic rings. The molecule has 0 saturated carbocycles. The van der Waals surface area contributed by atoms with Crippen molar-refractivity contribution in [3.8, 4) is 0 Å². The molecular formula is C16H24N6O4S. The maximum atomic E-state index is 12.5. The zero-order valence-electron chi connectivity index (χ0n) is 15.0. The van der Waals surface area contributed by atoms with Gasteiger partial charge in [0, 0.05) is 58.1 Å². The van der Waals surface area contributed by atoms with Crippen LogP contribution in [0.25, 0.3) is 0 Å². The first-order valence-corrected chi connectivity index (χ1v) is 10.6. The minimum absolute atomic E-state index is 0.0540. The van der Waals surface area contributed by atoms with Crippen molar-refractivity contribution in [1.82, 2.24) is 24.9 Å². The normalized spacial score (nSPS) is 21.6. The third kappa shape index (κ3) is 5.13. The van der Waals surface area contributed by atoms with E-state index in [-0.39, 0.29) is 30.0 Å². The van der Waals surface area contributed by atoms with E-state index in [1.165, 1.54) is 4.31 Å². The molecule has 2 fully saturated rings. The monoisotopic (exact) mass is 396 g/mol. The van der Waals surface area contributed by atoms with E-state index in [9.17, 15) is 18.0 Å². The first-order chi connectivity index (χ1) is 13.0. The van der Waals surface area contributed by atoms with Gasteiger partial charge in [0.2, 0.25) is 27.8 Å². The Morgan fingerprint density at radius 1 is 1.22 bits per heavy atom. The molecule has 0 aromatic carbocycles. The Morgan fingerprint density at radius 2 is 1.93 bits per heavy atom. The summed E-state index contributed by atoms with van der Waals surface area (Å²) in [7, 11) is -3.44. The highest BCUT2D eigenvalue weighted by Gasteiger charge is 2.28. The predicted octanol–water partition coefficient (Wildman–Crippen LogP) is -1.43. The minimum Gasteiger partial charge on any atom is -0.355 e. The van der Waals surface area contributed by atoms with Gasteiger partial charge in [-0.3, -0.25) is 9.59 Å². The molecule has 0 bridgehead atoms. The molecule has 1 atom stereocenters. The average molecular weight is 396 g/mol. The van der Waals surface area contributed by atoms with Crippen molar-refractivity contribution >= 4 is 27.8 Å². The van der Waals surface area contributed by atoms with Crippen molar-refractivity contribution in [2.24, 2.45) is 5.92 Å². The number of aromatic nitrogens is 2. The molecule has 1 unspecified atom stereocenters. The fourth-order valence-corrected chi connectivity index (χ4v) is 4.49. The van der Waals surface area contributed by atoms with Gasteiger partial charge in [0.15, 0.2) is 0 Å². The molecule has 0 radical (unpaired) electrons. The van der Waals surface area contributed by atoms with Crippen molar-refractivity contribution in [3.05, 3.63) is 18.5 Å². The molecule has 3 rings (SSSR count). The van der Waals surface area contributed by atoms with Crippen LogP contribution in [0.15, 0.2) is 18.5 Å². The van der Waals surface area contributed by atoms with Gasteiger partial charge in [-0.05, 0) is 12.5 Å². The first-order valence-electron chi connectivity index (χ1n) is 9.00. The van der Waals surface area contributed by atoms with Gasteiger partial charge < -0.3 is 15.5 Å². The molecule has 148 valence electrons. The molecule has 2 aliphatic heterocycles. The fourth-order valence-electron chi connectivity index (χ4n) is 3.15. The number of anilines is 1. The third-order valence-corrected chi connectivity index (χ3v) is 6.63. The Morgan fingerprint density at radius 3 is 2.56 bits per heavy atom. The maximum absolute atomic E-state index is 12.5. The van der Waals surface area contributed by atoms with E-state index in [0.29, 0.717) is 51.5 Å². The zero-order chi connectivity index (χ0) is 19.3. The van der Waals surface area contributed by atoms with Gasteiger partial charge in [-0.1, -0.05) is 0 Å². The average Bonchev–Trinajstić information content (AvgIpc) is 2.69. The van der Waals surface area contributed by atoms with Gasteiger partial charge >= 0.3 is 0 Å². The molecule has 3 heterocycles. The van der Waals surface area contributed by atoms with Crippen LogP contribution in [0.4, 0.5) is 5.95 Å². The number of hydrogen-bond acceptors (Lipinski definition) is 7. The van der Waals surface area contributed by atoms with Gasteiger partial charge in [0.1, 0.15) is 0 Å². The molecule has 27 heavy (non-hydrogen) atoms. The van der Waals surface area contributed by atoms with Crippen LogP contribution in [-0.2, 0) is 19.6 Å². The van der Waals surface area contributed by atoms with Crippen LogP contribution >= 0.6 is 0 Å². The van der Waals surface area contributed by atoms with E-state index in [0.717, 1.165) is 0 Å². The van der Waals surface area contributed by atoms with E-state index in [1.54, 1.807) is 18.5 Å². The molecule has 2 saturated heterocycles. The summed E-state index contributed by atoms with van der Waals surface area (Å²) >= 11 is 0. The van der Waals surface area contributed by atoms with Crippen molar-refractivity contribution in [2.75, 3.05) is 49.9 Å². The van der Waals surface area contributed by atoms with Crippen LogP contribution in [-0.4, -0.2) is 79.5 Å². The number of nitrogens with one attached hydrogen (secondary N) is 2. The topological polar surface area (TPSA) is 125 Å². The minimum atomic E-state index is -3.44. The number of amides is 2. The molecule has 0 aliphatic carbocycles. The number of hydrogen-bond donors (Lipinski definition) is 2. The van der Waals surface area contributed by atoms with Crippen LogP contribution in [0.5, 0.6) is 0 Å². The van der Waals surface area contributed by atoms with E-state index in [2.05, 4.69) is 20.6 Å². The Hall–Kier alpha value is -2.27. The highest BCUT2D eigenvalue weighted by atomic mass is 32.2.